The van der Waals surface area contributed by atoms with Crippen LogP contribution in [-0.4, -0.2) is 30.3 Å². The van der Waals surface area contributed by atoms with E-state index in [1.54, 1.807) is 0 Å². The molecule has 1 aliphatic carbocycles. The number of nitrogens with zero attached hydrogens (tertiary/aromatic N) is 3. The lowest BCUT2D eigenvalue weighted by Gasteiger charge is -2.32. The lowest BCUT2D eigenvalue weighted by molar-refractivity contribution is 0.330. The monoisotopic (exact) mass is 238 g/mol. The molecule has 1 fully saturated rings. The highest BCUT2D eigenvalue weighted by molar-refractivity contribution is 5.24. The minimum absolute atomic E-state index is 0.550. The fourth-order valence-corrected chi connectivity index (χ4v) is 2.40. The molecule has 5 heteroatoms. The predicted octanol–water partition coefficient (Wildman–Crippen LogP) is 1.80. The van der Waals surface area contributed by atoms with E-state index in [1.807, 2.05) is 7.05 Å². The van der Waals surface area contributed by atoms with Gasteiger partial charge in [-0.25, -0.2) is 0 Å². The average Bonchev–Trinajstić information content (AvgIpc) is 2.78. The van der Waals surface area contributed by atoms with Crippen LogP contribution in [0.4, 0.5) is 6.01 Å². The van der Waals surface area contributed by atoms with E-state index in [2.05, 4.69) is 34.4 Å². The Morgan fingerprint density at radius 2 is 2.00 bits per heavy atom. The molecule has 0 spiro atoms. The molecule has 1 aliphatic rings. The van der Waals surface area contributed by atoms with Crippen LogP contribution in [0.25, 0.3) is 0 Å². The molecule has 0 bridgehead atoms. The first-order valence-electron chi connectivity index (χ1n) is 6.40. The van der Waals surface area contributed by atoms with Crippen molar-refractivity contribution in [1.82, 2.24) is 15.5 Å². The van der Waals surface area contributed by atoms with E-state index in [-0.39, 0.29) is 0 Å². The van der Waals surface area contributed by atoms with Crippen LogP contribution in [0.2, 0.25) is 0 Å². The van der Waals surface area contributed by atoms with Crippen molar-refractivity contribution in [2.24, 2.45) is 5.92 Å². The molecule has 17 heavy (non-hydrogen) atoms. The van der Waals surface area contributed by atoms with Gasteiger partial charge in [-0.3, -0.25) is 0 Å². The van der Waals surface area contributed by atoms with Crippen molar-refractivity contribution in [3.05, 3.63) is 5.89 Å². The zero-order valence-electron chi connectivity index (χ0n) is 10.9. The summed E-state index contributed by atoms with van der Waals surface area (Å²) in [5.74, 6) is 1.51. The molecule has 0 unspecified atom stereocenters. The molecule has 0 amide bonds. The molecular formula is C12H22N4O. The Morgan fingerprint density at radius 3 is 2.65 bits per heavy atom. The first-order chi connectivity index (χ1) is 8.20. The van der Waals surface area contributed by atoms with Crippen LogP contribution in [0.1, 0.15) is 38.5 Å². The van der Waals surface area contributed by atoms with Crippen molar-refractivity contribution >= 4 is 6.01 Å². The summed E-state index contributed by atoms with van der Waals surface area (Å²) in [5, 5.41) is 11.1. The smallest absolute Gasteiger partial charge is 0.318 e. The summed E-state index contributed by atoms with van der Waals surface area (Å²) in [4.78, 5) is 2.14. The molecule has 0 aromatic carbocycles. The maximum Gasteiger partial charge on any atom is 0.318 e. The maximum absolute atomic E-state index is 5.61. The highest BCUT2D eigenvalue weighted by Gasteiger charge is 2.24. The van der Waals surface area contributed by atoms with Crippen LogP contribution in [0.5, 0.6) is 0 Å². The molecule has 0 saturated heterocycles. The van der Waals surface area contributed by atoms with E-state index in [4.69, 9.17) is 4.42 Å². The SMILES string of the molecule is CNCc1nnc(N(C)C2CCC(C)CC2)o1. The second kappa shape index (κ2) is 5.49. The Bertz CT molecular complexity index is 344. The lowest BCUT2D eigenvalue weighted by atomic mass is 9.87. The second-order valence-electron chi connectivity index (χ2n) is 5.03. The van der Waals surface area contributed by atoms with Crippen molar-refractivity contribution in [1.29, 1.82) is 0 Å². The van der Waals surface area contributed by atoms with Crippen molar-refractivity contribution in [2.75, 3.05) is 19.0 Å². The number of hydrogen-bond donors (Lipinski definition) is 1. The summed E-state index contributed by atoms with van der Waals surface area (Å²) in [6, 6.07) is 1.20. The van der Waals surface area contributed by atoms with Crippen LogP contribution in [-0.2, 0) is 6.54 Å². The first-order valence-corrected chi connectivity index (χ1v) is 6.40. The third-order valence-electron chi connectivity index (χ3n) is 3.62. The van der Waals surface area contributed by atoms with Gasteiger partial charge >= 0.3 is 6.01 Å². The van der Waals surface area contributed by atoms with Gasteiger partial charge < -0.3 is 14.6 Å². The van der Waals surface area contributed by atoms with Crippen LogP contribution in [0.3, 0.4) is 0 Å². The highest BCUT2D eigenvalue weighted by Crippen LogP contribution is 2.28. The van der Waals surface area contributed by atoms with Gasteiger partial charge in [0.05, 0.1) is 6.54 Å². The van der Waals surface area contributed by atoms with E-state index in [0.717, 1.165) is 5.92 Å². The molecular weight excluding hydrogens is 216 g/mol. The minimum Gasteiger partial charge on any atom is -0.407 e. The molecule has 1 aromatic rings. The molecule has 5 nitrogen and oxygen atoms in total. The van der Waals surface area contributed by atoms with Crippen molar-refractivity contribution in [3.8, 4) is 0 Å². The van der Waals surface area contributed by atoms with Crippen LogP contribution >= 0.6 is 0 Å². The van der Waals surface area contributed by atoms with Crippen molar-refractivity contribution in [2.45, 2.75) is 45.2 Å². The Hall–Kier alpha value is -1.10. The molecule has 2 rings (SSSR count). The Labute approximate surface area is 103 Å². The molecule has 1 aromatic heterocycles. The average molecular weight is 238 g/mol. The Balaban J connectivity index is 1.96. The third kappa shape index (κ3) is 2.97. The van der Waals surface area contributed by atoms with Gasteiger partial charge in [-0.1, -0.05) is 12.0 Å². The topological polar surface area (TPSA) is 54.2 Å². The van der Waals surface area contributed by atoms with Crippen LogP contribution < -0.4 is 10.2 Å². The first kappa shape index (κ1) is 12.4. The molecule has 0 radical (unpaired) electrons. The summed E-state index contributed by atoms with van der Waals surface area (Å²) < 4.78 is 5.61. The Morgan fingerprint density at radius 1 is 1.29 bits per heavy atom. The molecule has 0 aliphatic heterocycles. The van der Waals surface area contributed by atoms with E-state index in [1.165, 1.54) is 25.7 Å². The zero-order chi connectivity index (χ0) is 12.3. The van der Waals surface area contributed by atoms with Gasteiger partial charge in [0.25, 0.3) is 0 Å². The normalized spacial score (nSPS) is 24.9. The highest BCUT2D eigenvalue weighted by atomic mass is 16.4. The van der Waals surface area contributed by atoms with Gasteiger partial charge in [-0.2, -0.15) is 0 Å². The van der Waals surface area contributed by atoms with Gasteiger partial charge in [0.2, 0.25) is 5.89 Å². The summed E-state index contributed by atoms with van der Waals surface area (Å²) in [6.07, 6.45) is 5.04. The summed E-state index contributed by atoms with van der Waals surface area (Å²) in [6.45, 7) is 2.95. The van der Waals surface area contributed by atoms with Gasteiger partial charge in [0.1, 0.15) is 0 Å². The number of anilines is 1. The van der Waals surface area contributed by atoms with Gasteiger partial charge in [-0.15, -0.1) is 5.10 Å². The van der Waals surface area contributed by atoms with E-state index >= 15 is 0 Å². The quantitative estimate of drug-likeness (QED) is 0.867. The number of nitrogens with one attached hydrogen (secondary N) is 1. The summed E-state index contributed by atoms with van der Waals surface area (Å²) in [5.41, 5.74) is 0. The fourth-order valence-electron chi connectivity index (χ4n) is 2.40. The van der Waals surface area contributed by atoms with Gasteiger partial charge in [-0.05, 0) is 38.6 Å². The summed E-state index contributed by atoms with van der Waals surface area (Å²) in [7, 11) is 3.92. The molecule has 1 heterocycles. The number of rotatable bonds is 4. The van der Waals surface area contributed by atoms with E-state index in [9.17, 15) is 0 Å². The molecule has 1 N–H and O–H groups in total. The number of aromatic nitrogens is 2. The predicted molar refractivity (Wildman–Crippen MR) is 66.9 cm³/mol. The van der Waals surface area contributed by atoms with Crippen molar-refractivity contribution in [3.63, 3.8) is 0 Å². The molecule has 1 saturated carbocycles. The standard InChI is InChI=1S/C12H22N4O/c1-9-4-6-10(7-5-9)16(3)12-15-14-11(17-12)8-13-2/h9-10,13H,4-8H2,1-3H3. The third-order valence-corrected chi connectivity index (χ3v) is 3.62. The maximum atomic E-state index is 5.61. The van der Waals surface area contributed by atoms with Gasteiger partial charge in [0, 0.05) is 13.1 Å². The second-order valence-corrected chi connectivity index (χ2v) is 5.03. The minimum atomic E-state index is 0.550. The summed E-state index contributed by atoms with van der Waals surface area (Å²) >= 11 is 0. The zero-order valence-corrected chi connectivity index (χ0v) is 10.9. The van der Waals surface area contributed by atoms with E-state index < -0.39 is 0 Å². The lowest BCUT2D eigenvalue weighted by Crippen LogP contribution is -2.35. The van der Waals surface area contributed by atoms with Crippen molar-refractivity contribution < 1.29 is 4.42 Å². The largest absolute Gasteiger partial charge is 0.407 e. The van der Waals surface area contributed by atoms with Crippen LogP contribution in [0, 0.1) is 5.92 Å². The molecule has 96 valence electrons. The van der Waals surface area contributed by atoms with Crippen LogP contribution in [0.15, 0.2) is 4.42 Å². The Kier molecular flexibility index (Phi) is 3.99. The van der Waals surface area contributed by atoms with E-state index in [0.29, 0.717) is 24.5 Å². The van der Waals surface area contributed by atoms with Gasteiger partial charge in [0.15, 0.2) is 0 Å². The molecule has 0 atom stereocenters. The number of hydrogen-bond acceptors (Lipinski definition) is 5. The fraction of sp³-hybridized carbons (Fsp3) is 0.833.